The number of nitrogens with one attached hydrogen (secondary N) is 1. The van der Waals surface area contributed by atoms with Crippen LogP contribution in [0.3, 0.4) is 0 Å². The number of hydrogen-bond donors (Lipinski definition) is 2. The molecule has 3 atom stereocenters. The first-order chi connectivity index (χ1) is 10.1. The van der Waals surface area contributed by atoms with Gasteiger partial charge in [0.25, 0.3) is 5.91 Å². The molecule has 2 N–H and O–H groups in total. The summed E-state index contributed by atoms with van der Waals surface area (Å²) in [5.74, 6) is -0.766. The summed E-state index contributed by atoms with van der Waals surface area (Å²) in [4.78, 5) is 12.1. The molecule has 3 unspecified atom stereocenters. The van der Waals surface area contributed by atoms with Gasteiger partial charge in [0, 0.05) is 0 Å². The maximum atomic E-state index is 13.5. The molecule has 0 spiro atoms. The minimum atomic E-state index is -0.808. The zero-order valence-electron chi connectivity index (χ0n) is 12.2. The van der Waals surface area contributed by atoms with E-state index in [1.54, 1.807) is 19.1 Å². The van der Waals surface area contributed by atoms with Crippen LogP contribution in [0.15, 0.2) is 24.3 Å². The first kappa shape index (κ1) is 15.8. The number of aliphatic hydroxyl groups excluding tert-OH is 1. The maximum Gasteiger partial charge on any atom is 0.261 e. The van der Waals surface area contributed by atoms with Crippen molar-refractivity contribution in [2.45, 2.75) is 57.3 Å². The number of halogens is 1. The Balaban J connectivity index is 1.91. The van der Waals surface area contributed by atoms with E-state index in [1.165, 1.54) is 12.1 Å². The van der Waals surface area contributed by atoms with Crippen LogP contribution in [0.4, 0.5) is 4.39 Å². The van der Waals surface area contributed by atoms with Crippen LogP contribution in [0.2, 0.25) is 0 Å². The molecule has 116 valence electrons. The summed E-state index contributed by atoms with van der Waals surface area (Å²) in [5, 5.41) is 12.8. The van der Waals surface area contributed by atoms with E-state index in [2.05, 4.69) is 5.32 Å². The molecular weight excluding hydrogens is 273 g/mol. The molecule has 1 aliphatic carbocycles. The fraction of sp³-hybridized carbons (Fsp3) is 0.562. The van der Waals surface area contributed by atoms with E-state index in [4.69, 9.17) is 4.74 Å². The Morgan fingerprint density at radius 3 is 2.81 bits per heavy atom. The van der Waals surface area contributed by atoms with Crippen molar-refractivity contribution in [2.75, 3.05) is 0 Å². The quantitative estimate of drug-likeness (QED) is 0.839. The summed E-state index contributed by atoms with van der Waals surface area (Å²) in [7, 11) is 0. The van der Waals surface area contributed by atoms with Crippen molar-refractivity contribution in [1.29, 1.82) is 0 Å². The lowest BCUT2D eigenvalue weighted by Gasteiger charge is -2.24. The molecule has 1 aromatic rings. The van der Waals surface area contributed by atoms with Gasteiger partial charge in [0.1, 0.15) is 0 Å². The van der Waals surface area contributed by atoms with E-state index in [-0.39, 0.29) is 17.7 Å². The highest BCUT2D eigenvalue weighted by atomic mass is 19.1. The highest BCUT2D eigenvalue weighted by molar-refractivity contribution is 5.81. The Morgan fingerprint density at radius 2 is 2.05 bits per heavy atom. The maximum absolute atomic E-state index is 13.5. The summed E-state index contributed by atoms with van der Waals surface area (Å²) < 4.78 is 18.8. The fourth-order valence-electron chi connectivity index (χ4n) is 2.54. The van der Waals surface area contributed by atoms with Crippen molar-refractivity contribution >= 4 is 5.91 Å². The van der Waals surface area contributed by atoms with E-state index in [0.29, 0.717) is 6.42 Å². The first-order valence-electron chi connectivity index (χ1n) is 7.47. The second-order valence-corrected chi connectivity index (χ2v) is 5.51. The highest BCUT2D eigenvalue weighted by Gasteiger charge is 2.26. The van der Waals surface area contributed by atoms with Gasteiger partial charge in [-0.25, -0.2) is 4.39 Å². The molecule has 2 rings (SSSR count). The molecule has 1 amide bonds. The average molecular weight is 295 g/mol. The molecule has 0 bridgehead atoms. The van der Waals surface area contributed by atoms with Gasteiger partial charge in [-0.15, -0.1) is 0 Å². The number of amides is 1. The standard InChI is InChI=1S/C16H22FNO3/c1-11(21-15-10-6-5-7-12(15)17)16(20)18-13-8-3-2-4-9-14(13)19/h5-7,10-11,13-14,19H,2-4,8-9H2,1H3,(H,18,20). The van der Waals surface area contributed by atoms with Crippen molar-refractivity contribution in [3.8, 4) is 5.75 Å². The number of aliphatic hydroxyl groups is 1. The molecular formula is C16H22FNO3. The zero-order chi connectivity index (χ0) is 15.2. The van der Waals surface area contributed by atoms with Gasteiger partial charge in [-0.3, -0.25) is 4.79 Å². The normalized spacial score (nSPS) is 24.0. The lowest BCUT2D eigenvalue weighted by Crippen LogP contribution is -2.47. The van der Waals surface area contributed by atoms with Crippen molar-refractivity contribution < 1.29 is 19.0 Å². The fourth-order valence-corrected chi connectivity index (χ4v) is 2.54. The van der Waals surface area contributed by atoms with Crippen LogP contribution in [0.1, 0.15) is 39.0 Å². The lowest BCUT2D eigenvalue weighted by atomic mass is 10.1. The van der Waals surface area contributed by atoms with Crippen molar-refractivity contribution in [2.24, 2.45) is 0 Å². The predicted octanol–water partition coefficient (Wildman–Crippen LogP) is 2.40. The molecule has 5 heteroatoms. The van der Waals surface area contributed by atoms with Crippen LogP contribution in [-0.4, -0.2) is 29.3 Å². The van der Waals surface area contributed by atoms with Gasteiger partial charge in [-0.05, 0) is 31.9 Å². The molecule has 21 heavy (non-hydrogen) atoms. The smallest absolute Gasteiger partial charge is 0.261 e. The highest BCUT2D eigenvalue weighted by Crippen LogP contribution is 2.19. The first-order valence-corrected chi connectivity index (χ1v) is 7.47. The second-order valence-electron chi connectivity index (χ2n) is 5.51. The molecule has 0 radical (unpaired) electrons. The third kappa shape index (κ3) is 4.43. The van der Waals surface area contributed by atoms with Gasteiger partial charge in [0.15, 0.2) is 17.7 Å². The molecule has 1 aliphatic rings. The monoisotopic (exact) mass is 295 g/mol. The van der Waals surface area contributed by atoms with E-state index in [0.717, 1.165) is 25.7 Å². The third-order valence-electron chi connectivity index (χ3n) is 3.82. The van der Waals surface area contributed by atoms with Crippen LogP contribution in [0, 0.1) is 5.82 Å². The van der Waals surface area contributed by atoms with E-state index >= 15 is 0 Å². The topological polar surface area (TPSA) is 58.6 Å². The van der Waals surface area contributed by atoms with Crippen LogP contribution in [-0.2, 0) is 4.79 Å². The van der Waals surface area contributed by atoms with Crippen molar-refractivity contribution in [3.05, 3.63) is 30.1 Å². The summed E-state index contributed by atoms with van der Waals surface area (Å²) in [6.07, 6.45) is 3.19. The molecule has 1 saturated carbocycles. The number of hydrogen-bond acceptors (Lipinski definition) is 3. The van der Waals surface area contributed by atoms with Gasteiger partial charge < -0.3 is 15.2 Å². The molecule has 4 nitrogen and oxygen atoms in total. The minimum Gasteiger partial charge on any atom is -0.478 e. The molecule has 0 saturated heterocycles. The van der Waals surface area contributed by atoms with Gasteiger partial charge >= 0.3 is 0 Å². The minimum absolute atomic E-state index is 0.0570. The number of carbonyl (C=O) groups excluding carboxylic acids is 1. The van der Waals surface area contributed by atoms with Crippen LogP contribution in [0.5, 0.6) is 5.75 Å². The van der Waals surface area contributed by atoms with Crippen LogP contribution in [0.25, 0.3) is 0 Å². The molecule has 0 aliphatic heterocycles. The summed E-state index contributed by atoms with van der Waals surface area (Å²) in [5.41, 5.74) is 0. The second kappa shape index (κ2) is 7.41. The zero-order valence-corrected chi connectivity index (χ0v) is 12.2. The third-order valence-corrected chi connectivity index (χ3v) is 3.82. The van der Waals surface area contributed by atoms with Crippen LogP contribution >= 0.6 is 0 Å². The number of benzene rings is 1. The summed E-state index contributed by atoms with van der Waals surface area (Å²) in [6, 6.07) is 5.74. The number of ether oxygens (including phenoxy) is 1. The van der Waals surface area contributed by atoms with E-state index in [1.807, 2.05) is 0 Å². The Bertz CT molecular complexity index is 480. The van der Waals surface area contributed by atoms with Gasteiger partial charge in [-0.1, -0.05) is 31.4 Å². The van der Waals surface area contributed by atoms with Gasteiger partial charge in [0.2, 0.25) is 0 Å². The Kier molecular flexibility index (Phi) is 5.56. The number of para-hydroxylation sites is 1. The largest absolute Gasteiger partial charge is 0.478 e. The average Bonchev–Trinajstić information content (AvgIpc) is 2.66. The summed E-state index contributed by atoms with van der Waals surface area (Å²) >= 11 is 0. The molecule has 0 aromatic heterocycles. The summed E-state index contributed by atoms with van der Waals surface area (Å²) in [6.45, 7) is 1.57. The Labute approximate surface area is 124 Å². The van der Waals surface area contributed by atoms with E-state index < -0.39 is 18.0 Å². The van der Waals surface area contributed by atoms with Gasteiger partial charge in [-0.2, -0.15) is 0 Å². The predicted molar refractivity (Wildman–Crippen MR) is 77.5 cm³/mol. The van der Waals surface area contributed by atoms with Gasteiger partial charge in [0.05, 0.1) is 12.1 Å². The molecule has 1 aromatic carbocycles. The van der Waals surface area contributed by atoms with Crippen molar-refractivity contribution in [1.82, 2.24) is 5.32 Å². The van der Waals surface area contributed by atoms with Crippen molar-refractivity contribution in [3.63, 3.8) is 0 Å². The SMILES string of the molecule is CC(Oc1ccccc1F)C(=O)NC1CCCCCC1O. The number of rotatable bonds is 4. The Morgan fingerprint density at radius 1 is 1.33 bits per heavy atom. The lowest BCUT2D eigenvalue weighted by molar-refractivity contribution is -0.129. The Hall–Kier alpha value is -1.62. The van der Waals surface area contributed by atoms with Crippen LogP contribution < -0.4 is 10.1 Å². The molecule has 0 heterocycles. The van der Waals surface area contributed by atoms with E-state index in [9.17, 15) is 14.3 Å². The number of carbonyl (C=O) groups is 1. The molecule has 1 fully saturated rings.